The highest BCUT2D eigenvalue weighted by Gasteiger charge is 1.96. The largest absolute Gasteiger partial charge is 0.339 e. The maximum atomic E-state index is 8.72. The van der Waals surface area contributed by atoms with Gasteiger partial charge in [0.15, 0.2) is 12.4 Å². The van der Waals surface area contributed by atoms with E-state index >= 15 is 0 Å². The van der Waals surface area contributed by atoms with E-state index in [1.165, 1.54) is 5.56 Å². The van der Waals surface area contributed by atoms with Gasteiger partial charge in [-0.1, -0.05) is 6.92 Å². The van der Waals surface area contributed by atoms with E-state index in [0.29, 0.717) is 0 Å². The monoisotopic (exact) mass is 138 g/mol. The van der Waals surface area contributed by atoms with E-state index < -0.39 is 0 Å². The zero-order chi connectivity index (χ0) is 7.40. The average Bonchev–Trinajstić information content (AvgIpc) is 2.05. The van der Waals surface area contributed by atoms with Crippen molar-refractivity contribution in [3.63, 3.8) is 0 Å². The van der Waals surface area contributed by atoms with Crippen LogP contribution in [0.3, 0.4) is 0 Å². The molecule has 0 saturated heterocycles. The Morgan fingerprint density at radius 2 is 2.40 bits per heavy atom. The Kier molecular flexibility index (Phi) is 2.40. The minimum absolute atomic E-state index is 0.0633. The first-order chi connectivity index (χ1) is 4.86. The molecule has 0 amide bonds. The molecule has 0 atom stereocenters. The van der Waals surface area contributed by atoms with Gasteiger partial charge in [0.2, 0.25) is 6.73 Å². The molecule has 54 valence electrons. The summed E-state index contributed by atoms with van der Waals surface area (Å²) in [6.07, 6.45) is 4.81. The standard InChI is InChI=1S/C8H12NO/c1-2-8-4-3-5-9(6-8)7-10/h3-6,10H,2,7H2,1H3/q+1. The van der Waals surface area contributed by atoms with Gasteiger partial charge in [-0.2, -0.15) is 4.57 Å². The SMILES string of the molecule is CCc1ccc[n+](CO)c1. The van der Waals surface area contributed by atoms with Gasteiger partial charge in [0.05, 0.1) is 0 Å². The third-order valence-electron chi connectivity index (χ3n) is 1.49. The summed E-state index contributed by atoms with van der Waals surface area (Å²) in [6.45, 7) is 2.16. The zero-order valence-electron chi connectivity index (χ0n) is 6.12. The van der Waals surface area contributed by atoms with Crippen molar-refractivity contribution in [2.24, 2.45) is 0 Å². The third-order valence-corrected chi connectivity index (χ3v) is 1.49. The second-order valence-electron chi connectivity index (χ2n) is 2.22. The van der Waals surface area contributed by atoms with Gasteiger partial charge in [-0.15, -0.1) is 0 Å². The van der Waals surface area contributed by atoms with Gasteiger partial charge in [0.25, 0.3) is 0 Å². The van der Waals surface area contributed by atoms with Crippen molar-refractivity contribution in [3.8, 4) is 0 Å². The zero-order valence-corrected chi connectivity index (χ0v) is 6.12. The average molecular weight is 138 g/mol. The summed E-state index contributed by atoms with van der Waals surface area (Å²) in [5, 5.41) is 8.72. The Labute approximate surface area is 60.8 Å². The summed E-state index contributed by atoms with van der Waals surface area (Å²) in [4.78, 5) is 0. The van der Waals surface area contributed by atoms with Crippen LogP contribution >= 0.6 is 0 Å². The Morgan fingerprint density at radius 1 is 1.60 bits per heavy atom. The van der Waals surface area contributed by atoms with Crippen LogP contribution in [0, 0.1) is 0 Å². The van der Waals surface area contributed by atoms with Crippen LogP contribution in [0.25, 0.3) is 0 Å². The number of aromatic nitrogens is 1. The van der Waals surface area contributed by atoms with Crippen LogP contribution in [0.1, 0.15) is 12.5 Å². The number of aliphatic hydroxyl groups excluding tert-OH is 1. The molecular weight excluding hydrogens is 126 g/mol. The normalized spacial score (nSPS) is 9.80. The summed E-state index contributed by atoms with van der Waals surface area (Å²) in [7, 11) is 0. The molecule has 1 N–H and O–H groups in total. The predicted octanol–water partition coefficient (Wildman–Crippen LogP) is 0.486. The maximum Gasteiger partial charge on any atom is 0.250 e. The van der Waals surface area contributed by atoms with Crippen LogP contribution in [-0.2, 0) is 13.2 Å². The van der Waals surface area contributed by atoms with Crippen LogP contribution in [0.5, 0.6) is 0 Å². The Hall–Kier alpha value is -0.890. The Morgan fingerprint density at radius 3 is 3.00 bits per heavy atom. The van der Waals surface area contributed by atoms with Gasteiger partial charge in [-0.05, 0) is 12.5 Å². The second-order valence-corrected chi connectivity index (χ2v) is 2.22. The van der Waals surface area contributed by atoms with Crippen molar-refractivity contribution in [2.45, 2.75) is 20.1 Å². The summed E-state index contributed by atoms with van der Waals surface area (Å²) in [5.74, 6) is 0. The fourth-order valence-electron chi connectivity index (χ4n) is 0.873. The van der Waals surface area contributed by atoms with Gasteiger partial charge < -0.3 is 5.11 Å². The van der Waals surface area contributed by atoms with Crippen molar-refractivity contribution in [2.75, 3.05) is 0 Å². The maximum absolute atomic E-state index is 8.72. The van der Waals surface area contributed by atoms with Crippen molar-refractivity contribution < 1.29 is 9.67 Å². The second kappa shape index (κ2) is 3.32. The molecule has 2 nitrogen and oxygen atoms in total. The van der Waals surface area contributed by atoms with Crippen molar-refractivity contribution in [3.05, 3.63) is 30.1 Å². The topological polar surface area (TPSA) is 24.1 Å². The molecule has 1 aromatic heterocycles. The third kappa shape index (κ3) is 1.54. The molecule has 1 rings (SSSR count). The number of nitrogens with zero attached hydrogens (tertiary/aromatic N) is 1. The van der Waals surface area contributed by atoms with Gasteiger partial charge >= 0.3 is 0 Å². The lowest BCUT2D eigenvalue weighted by Crippen LogP contribution is -2.32. The Balaban J connectivity index is 2.87. The van der Waals surface area contributed by atoms with Gasteiger partial charge in [-0.25, -0.2) is 0 Å². The highest BCUT2D eigenvalue weighted by atomic mass is 16.3. The molecule has 0 saturated carbocycles. The molecular formula is C8H12NO+. The molecule has 10 heavy (non-hydrogen) atoms. The van der Waals surface area contributed by atoms with E-state index in [1.54, 1.807) is 4.57 Å². The van der Waals surface area contributed by atoms with Crippen molar-refractivity contribution >= 4 is 0 Å². The number of hydrogen-bond donors (Lipinski definition) is 1. The number of hydrogen-bond acceptors (Lipinski definition) is 1. The molecule has 0 aliphatic carbocycles. The highest BCUT2D eigenvalue weighted by Crippen LogP contribution is 1.93. The van der Waals surface area contributed by atoms with E-state index in [1.807, 2.05) is 24.5 Å². The number of aliphatic hydroxyl groups is 1. The van der Waals surface area contributed by atoms with Crippen molar-refractivity contribution in [1.82, 2.24) is 0 Å². The molecule has 0 aliphatic rings. The Bertz CT molecular complexity index is 191. The van der Waals surface area contributed by atoms with Crippen LogP contribution in [0.2, 0.25) is 0 Å². The first kappa shape index (κ1) is 7.22. The molecule has 2 heteroatoms. The van der Waals surface area contributed by atoms with E-state index in [0.717, 1.165) is 6.42 Å². The lowest BCUT2D eigenvalue weighted by atomic mass is 10.2. The first-order valence-corrected chi connectivity index (χ1v) is 3.45. The molecule has 0 aliphatic heterocycles. The summed E-state index contributed by atoms with van der Waals surface area (Å²) in [5.41, 5.74) is 1.25. The summed E-state index contributed by atoms with van der Waals surface area (Å²) < 4.78 is 1.75. The minimum atomic E-state index is 0.0633. The lowest BCUT2D eigenvalue weighted by molar-refractivity contribution is -0.730. The van der Waals surface area contributed by atoms with Crippen LogP contribution in [0.4, 0.5) is 0 Å². The van der Waals surface area contributed by atoms with Gasteiger partial charge in [0.1, 0.15) is 0 Å². The van der Waals surface area contributed by atoms with E-state index in [2.05, 4.69) is 6.92 Å². The highest BCUT2D eigenvalue weighted by molar-refractivity contribution is 5.04. The van der Waals surface area contributed by atoms with Crippen LogP contribution < -0.4 is 4.57 Å². The number of rotatable bonds is 2. The molecule has 0 aromatic carbocycles. The molecule has 0 spiro atoms. The van der Waals surface area contributed by atoms with Gasteiger partial charge in [0, 0.05) is 11.6 Å². The minimum Gasteiger partial charge on any atom is -0.339 e. The molecule has 1 heterocycles. The fraction of sp³-hybridized carbons (Fsp3) is 0.375. The van der Waals surface area contributed by atoms with Crippen LogP contribution in [0.15, 0.2) is 24.5 Å². The van der Waals surface area contributed by atoms with E-state index in [4.69, 9.17) is 5.11 Å². The smallest absolute Gasteiger partial charge is 0.250 e. The quantitative estimate of drug-likeness (QED) is 0.591. The molecule has 0 bridgehead atoms. The lowest BCUT2D eigenvalue weighted by Gasteiger charge is -1.92. The predicted molar refractivity (Wildman–Crippen MR) is 38.2 cm³/mol. The van der Waals surface area contributed by atoms with E-state index in [-0.39, 0.29) is 6.73 Å². The first-order valence-electron chi connectivity index (χ1n) is 3.45. The molecule has 0 fully saturated rings. The molecule has 0 radical (unpaired) electrons. The van der Waals surface area contributed by atoms with E-state index in [9.17, 15) is 0 Å². The van der Waals surface area contributed by atoms with Crippen molar-refractivity contribution in [1.29, 1.82) is 0 Å². The summed E-state index contributed by atoms with van der Waals surface area (Å²) in [6, 6.07) is 3.99. The van der Waals surface area contributed by atoms with Crippen LogP contribution in [-0.4, -0.2) is 5.11 Å². The number of aryl methyl sites for hydroxylation is 1. The number of pyridine rings is 1. The fourth-order valence-corrected chi connectivity index (χ4v) is 0.873. The summed E-state index contributed by atoms with van der Waals surface area (Å²) >= 11 is 0. The van der Waals surface area contributed by atoms with Gasteiger partial charge in [-0.3, -0.25) is 0 Å². The molecule has 0 unspecified atom stereocenters. The molecule has 1 aromatic rings.